The van der Waals surface area contributed by atoms with E-state index in [-0.39, 0.29) is 11.3 Å². The number of rotatable bonds is 7. The van der Waals surface area contributed by atoms with E-state index in [0.29, 0.717) is 22.1 Å². The SMILES string of the molecule is COc1cc(/C=C/C(=O)OCC(=O)Nc2cc(Cl)ccc2C#N)cc(OC)c1. The maximum Gasteiger partial charge on any atom is 0.331 e. The van der Waals surface area contributed by atoms with E-state index in [9.17, 15) is 9.59 Å². The van der Waals surface area contributed by atoms with Crippen molar-refractivity contribution in [2.24, 2.45) is 0 Å². The van der Waals surface area contributed by atoms with Gasteiger partial charge in [-0.25, -0.2) is 4.79 Å². The largest absolute Gasteiger partial charge is 0.497 e. The summed E-state index contributed by atoms with van der Waals surface area (Å²) in [4.78, 5) is 23.8. The molecule has 0 heterocycles. The number of hydrogen-bond donors (Lipinski definition) is 1. The lowest BCUT2D eigenvalue weighted by atomic mass is 10.2. The van der Waals surface area contributed by atoms with Crippen LogP contribution in [0.2, 0.25) is 5.02 Å². The Kier molecular flexibility index (Phi) is 7.43. The van der Waals surface area contributed by atoms with Gasteiger partial charge in [0.15, 0.2) is 6.61 Å². The Morgan fingerprint density at radius 2 is 1.82 bits per heavy atom. The van der Waals surface area contributed by atoms with Gasteiger partial charge in [0.25, 0.3) is 5.91 Å². The van der Waals surface area contributed by atoms with Crippen LogP contribution in [0.4, 0.5) is 5.69 Å². The van der Waals surface area contributed by atoms with Gasteiger partial charge in [-0.3, -0.25) is 4.79 Å². The number of nitrogens with one attached hydrogen (secondary N) is 1. The third-order valence-corrected chi connectivity index (χ3v) is 3.74. The van der Waals surface area contributed by atoms with Crippen molar-refractivity contribution in [1.82, 2.24) is 0 Å². The average Bonchev–Trinajstić information content (AvgIpc) is 2.70. The lowest BCUT2D eigenvalue weighted by molar-refractivity contribution is -0.142. The third-order valence-electron chi connectivity index (χ3n) is 3.51. The van der Waals surface area contributed by atoms with E-state index in [1.54, 1.807) is 18.2 Å². The van der Waals surface area contributed by atoms with Crippen molar-refractivity contribution in [3.63, 3.8) is 0 Å². The second kappa shape index (κ2) is 10.00. The average molecular weight is 401 g/mol. The van der Waals surface area contributed by atoms with Crippen LogP contribution in [0.25, 0.3) is 6.08 Å². The van der Waals surface area contributed by atoms with Gasteiger partial charge in [-0.2, -0.15) is 5.26 Å². The van der Waals surface area contributed by atoms with Gasteiger partial charge in [-0.05, 0) is 42.0 Å². The smallest absolute Gasteiger partial charge is 0.331 e. The number of benzene rings is 2. The number of ether oxygens (including phenoxy) is 3. The molecule has 8 heteroatoms. The van der Waals surface area contributed by atoms with Gasteiger partial charge in [0.2, 0.25) is 0 Å². The lowest BCUT2D eigenvalue weighted by Gasteiger charge is -2.07. The zero-order chi connectivity index (χ0) is 20.5. The molecule has 28 heavy (non-hydrogen) atoms. The number of carbonyl (C=O) groups excluding carboxylic acids is 2. The topological polar surface area (TPSA) is 97.6 Å². The summed E-state index contributed by atoms with van der Waals surface area (Å²) in [5, 5.41) is 11.9. The lowest BCUT2D eigenvalue weighted by Crippen LogP contribution is -2.20. The summed E-state index contributed by atoms with van der Waals surface area (Å²) in [6.07, 6.45) is 2.69. The molecule has 0 bridgehead atoms. The van der Waals surface area contributed by atoms with Crippen molar-refractivity contribution < 1.29 is 23.8 Å². The zero-order valence-corrected chi connectivity index (χ0v) is 15.9. The monoisotopic (exact) mass is 400 g/mol. The summed E-state index contributed by atoms with van der Waals surface area (Å²) in [6.45, 7) is -0.512. The Hall–Kier alpha value is -3.50. The summed E-state index contributed by atoms with van der Waals surface area (Å²) in [6, 6.07) is 11.5. The van der Waals surface area contributed by atoms with Gasteiger partial charge in [0.1, 0.15) is 17.6 Å². The number of methoxy groups -OCH3 is 2. The Balaban J connectivity index is 1.94. The van der Waals surface area contributed by atoms with Crippen LogP contribution in [0.1, 0.15) is 11.1 Å². The second-order valence-corrected chi connectivity index (χ2v) is 5.87. The molecule has 0 aliphatic carbocycles. The third kappa shape index (κ3) is 6.04. The van der Waals surface area contributed by atoms with Crippen LogP contribution in [0.5, 0.6) is 11.5 Å². The summed E-state index contributed by atoms with van der Waals surface area (Å²) >= 11 is 5.85. The summed E-state index contributed by atoms with van der Waals surface area (Å²) in [5.41, 5.74) is 1.15. The van der Waals surface area contributed by atoms with E-state index in [0.717, 1.165) is 0 Å². The summed E-state index contributed by atoms with van der Waals surface area (Å²) in [5.74, 6) is -0.157. The van der Waals surface area contributed by atoms with Crippen molar-refractivity contribution in [2.75, 3.05) is 26.1 Å². The first-order valence-electron chi connectivity index (χ1n) is 8.02. The predicted octanol–water partition coefficient (Wildman–Crippen LogP) is 3.42. The molecule has 0 atom stereocenters. The molecule has 2 rings (SSSR count). The molecular weight excluding hydrogens is 384 g/mol. The van der Waals surface area contributed by atoms with Gasteiger partial charge in [-0.15, -0.1) is 0 Å². The number of halogens is 1. The first-order valence-corrected chi connectivity index (χ1v) is 8.40. The standard InChI is InChI=1S/C20H17ClN2O5/c1-26-16-7-13(8-17(10-16)27-2)3-6-20(25)28-12-19(24)23-18-9-15(21)5-4-14(18)11-22/h3-10H,12H2,1-2H3,(H,23,24)/b6-3+. The Labute approximate surface area is 167 Å². The normalized spacial score (nSPS) is 10.2. The van der Waals surface area contributed by atoms with Crippen LogP contribution in [-0.4, -0.2) is 32.7 Å². The molecule has 0 spiro atoms. The minimum Gasteiger partial charge on any atom is -0.497 e. The van der Waals surface area contributed by atoms with Crippen molar-refractivity contribution in [3.8, 4) is 17.6 Å². The van der Waals surface area contributed by atoms with Crippen LogP contribution < -0.4 is 14.8 Å². The van der Waals surface area contributed by atoms with Crippen LogP contribution in [0.15, 0.2) is 42.5 Å². The molecule has 144 valence electrons. The van der Waals surface area contributed by atoms with Crippen molar-refractivity contribution in [2.45, 2.75) is 0 Å². The molecular formula is C20H17ClN2O5. The highest BCUT2D eigenvalue weighted by atomic mass is 35.5. The summed E-state index contributed by atoms with van der Waals surface area (Å²) in [7, 11) is 3.04. The van der Waals surface area contributed by atoms with E-state index >= 15 is 0 Å². The number of nitriles is 1. The highest BCUT2D eigenvalue weighted by Gasteiger charge is 2.10. The van der Waals surface area contributed by atoms with Gasteiger partial charge >= 0.3 is 5.97 Å². The number of anilines is 1. The molecule has 0 unspecified atom stereocenters. The zero-order valence-electron chi connectivity index (χ0n) is 15.2. The van der Waals surface area contributed by atoms with Crippen LogP contribution in [0, 0.1) is 11.3 Å². The molecule has 0 aromatic heterocycles. The van der Waals surface area contributed by atoms with Crippen LogP contribution in [0.3, 0.4) is 0 Å². The molecule has 0 fully saturated rings. The fourth-order valence-electron chi connectivity index (χ4n) is 2.18. The number of hydrogen-bond acceptors (Lipinski definition) is 6. The van der Waals surface area contributed by atoms with Gasteiger partial charge < -0.3 is 19.5 Å². The molecule has 2 aromatic rings. The number of carbonyl (C=O) groups is 2. The summed E-state index contributed by atoms with van der Waals surface area (Å²) < 4.78 is 15.2. The molecule has 0 aliphatic rings. The number of esters is 1. The fourth-order valence-corrected chi connectivity index (χ4v) is 2.35. The molecule has 0 saturated carbocycles. The maximum absolute atomic E-state index is 11.9. The number of nitrogens with zero attached hydrogens (tertiary/aromatic N) is 1. The van der Waals surface area contributed by atoms with Gasteiger partial charge in [-0.1, -0.05) is 11.6 Å². The maximum atomic E-state index is 11.9. The minimum absolute atomic E-state index is 0.245. The highest BCUT2D eigenvalue weighted by Crippen LogP contribution is 2.23. The first-order chi connectivity index (χ1) is 13.4. The Bertz CT molecular complexity index is 928. The highest BCUT2D eigenvalue weighted by molar-refractivity contribution is 6.31. The first kappa shape index (κ1) is 20.8. The Morgan fingerprint density at radius 1 is 1.14 bits per heavy atom. The van der Waals surface area contributed by atoms with E-state index in [4.69, 9.17) is 31.1 Å². The van der Waals surface area contributed by atoms with Crippen molar-refractivity contribution in [1.29, 1.82) is 5.26 Å². The van der Waals surface area contributed by atoms with Crippen molar-refractivity contribution >= 4 is 35.2 Å². The fraction of sp³-hybridized carbons (Fsp3) is 0.150. The van der Waals surface area contributed by atoms with Crippen LogP contribution >= 0.6 is 11.6 Å². The molecule has 0 aliphatic heterocycles. The van der Waals surface area contributed by atoms with E-state index in [1.807, 2.05) is 6.07 Å². The molecule has 2 aromatic carbocycles. The van der Waals surface area contributed by atoms with Gasteiger partial charge in [0.05, 0.1) is 25.5 Å². The number of amides is 1. The quantitative estimate of drug-likeness (QED) is 0.565. The molecule has 7 nitrogen and oxygen atoms in total. The van der Waals surface area contributed by atoms with Crippen LogP contribution in [-0.2, 0) is 14.3 Å². The van der Waals surface area contributed by atoms with E-state index in [1.165, 1.54) is 44.6 Å². The van der Waals surface area contributed by atoms with E-state index in [2.05, 4.69) is 5.32 Å². The molecule has 1 N–H and O–H groups in total. The van der Waals surface area contributed by atoms with Gasteiger partial charge in [0, 0.05) is 17.2 Å². The van der Waals surface area contributed by atoms with Crippen molar-refractivity contribution in [3.05, 3.63) is 58.6 Å². The molecule has 0 radical (unpaired) electrons. The minimum atomic E-state index is -0.705. The molecule has 0 saturated heterocycles. The predicted molar refractivity (Wildman–Crippen MR) is 104 cm³/mol. The Morgan fingerprint density at radius 3 is 2.43 bits per heavy atom. The van der Waals surface area contributed by atoms with E-state index < -0.39 is 18.5 Å². The molecule has 1 amide bonds. The second-order valence-electron chi connectivity index (χ2n) is 5.44.